The van der Waals surface area contributed by atoms with Crippen LogP contribution in [0.1, 0.15) is 45.4 Å². The molecule has 0 aromatic rings. The van der Waals surface area contributed by atoms with Crippen LogP contribution in [0.2, 0.25) is 0 Å². The summed E-state index contributed by atoms with van der Waals surface area (Å²) in [7, 11) is 0. The van der Waals surface area contributed by atoms with Gasteiger partial charge in [0.05, 0.1) is 0 Å². The summed E-state index contributed by atoms with van der Waals surface area (Å²) in [6.45, 7) is 2.12. The molecule has 0 bridgehead atoms. The molecule has 0 heterocycles. The number of hydrogen-bond acceptors (Lipinski definition) is 1. The fourth-order valence-corrected chi connectivity index (χ4v) is 2.30. The molecule has 14 heavy (non-hydrogen) atoms. The molecule has 0 spiro atoms. The van der Waals surface area contributed by atoms with Gasteiger partial charge in [0.15, 0.2) is 0 Å². The van der Waals surface area contributed by atoms with E-state index < -0.39 is 0 Å². The minimum Gasteiger partial charge on any atom is -0.361 e. The molecule has 1 saturated carbocycles. The molecular formula is C11H18N2O. The van der Waals surface area contributed by atoms with Gasteiger partial charge in [-0.25, -0.2) is 0 Å². The molecular weight excluding hydrogens is 176 g/mol. The Bertz CT molecular complexity index is 238. The average Bonchev–Trinajstić information content (AvgIpc) is 2.19. The number of nitrogens with zero attached hydrogens (tertiary/aromatic N) is 2. The standard InChI is InChI=1S/C11H18N2O/c1-9(7-11(14)8-13-12)10-5-3-2-4-6-10/h8-10H,2-7H2,1H3. The van der Waals surface area contributed by atoms with Crippen molar-refractivity contribution in [2.45, 2.75) is 45.4 Å². The lowest BCUT2D eigenvalue weighted by atomic mass is 9.79. The lowest BCUT2D eigenvalue weighted by Gasteiger charge is -2.26. The predicted octanol–water partition coefficient (Wildman–Crippen LogP) is 2.46. The third-order valence-electron chi connectivity index (χ3n) is 3.18. The van der Waals surface area contributed by atoms with E-state index in [1.165, 1.54) is 32.1 Å². The largest absolute Gasteiger partial charge is 0.361 e. The zero-order chi connectivity index (χ0) is 10.4. The summed E-state index contributed by atoms with van der Waals surface area (Å²) in [5.74, 6) is 1.06. The van der Waals surface area contributed by atoms with Crippen LogP contribution in [0.3, 0.4) is 0 Å². The van der Waals surface area contributed by atoms with E-state index >= 15 is 0 Å². The van der Waals surface area contributed by atoms with Gasteiger partial charge in [0.2, 0.25) is 5.78 Å². The molecule has 0 N–H and O–H groups in total. The first-order valence-electron chi connectivity index (χ1n) is 5.44. The zero-order valence-electron chi connectivity index (χ0n) is 8.78. The molecule has 3 nitrogen and oxygen atoms in total. The van der Waals surface area contributed by atoms with Crippen molar-refractivity contribution in [1.82, 2.24) is 0 Å². The van der Waals surface area contributed by atoms with E-state index in [-0.39, 0.29) is 5.78 Å². The van der Waals surface area contributed by atoms with Crippen LogP contribution < -0.4 is 0 Å². The highest BCUT2D eigenvalue weighted by Gasteiger charge is 2.22. The maximum Gasteiger partial charge on any atom is 0.323 e. The fraction of sp³-hybridized carbons (Fsp3) is 0.818. The Morgan fingerprint density at radius 1 is 1.50 bits per heavy atom. The van der Waals surface area contributed by atoms with Gasteiger partial charge >= 0.3 is 6.21 Å². The Hall–Kier alpha value is -0.950. The topological polar surface area (TPSA) is 53.5 Å². The number of rotatable bonds is 4. The quantitative estimate of drug-likeness (QED) is 0.385. The van der Waals surface area contributed by atoms with E-state index in [0.717, 1.165) is 6.21 Å². The highest BCUT2D eigenvalue weighted by Crippen LogP contribution is 2.31. The van der Waals surface area contributed by atoms with E-state index in [2.05, 4.69) is 11.7 Å². The number of hydrogen-bond donors (Lipinski definition) is 0. The second-order valence-electron chi connectivity index (χ2n) is 4.29. The summed E-state index contributed by atoms with van der Waals surface area (Å²) >= 11 is 0. The lowest BCUT2D eigenvalue weighted by molar-refractivity contribution is -0.117. The second-order valence-corrected chi connectivity index (χ2v) is 4.29. The fourth-order valence-electron chi connectivity index (χ4n) is 2.30. The molecule has 0 aromatic heterocycles. The van der Waals surface area contributed by atoms with E-state index in [0.29, 0.717) is 18.3 Å². The number of Topliss-reactive ketones (excluding diaryl/α,β-unsaturated/α-hetero) is 1. The van der Waals surface area contributed by atoms with Crippen molar-refractivity contribution in [3.05, 3.63) is 5.53 Å². The van der Waals surface area contributed by atoms with Gasteiger partial charge in [-0.05, 0) is 11.8 Å². The van der Waals surface area contributed by atoms with Crippen molar-refractivity contribution in [2.75, 3.05) is 0 Å². The Labute approximate surface area is 85.1 Å². The average molecular weight is 194 g/mol. The van der Waals surface area contributed by atoms with Crippen LogP contribution in [0.25, 0.3) is 5.53 Å². The summed E-state index contributed by atoms with van der Waals surface area (Å²) < 4.78 is 0. The third-order valence-corrected chi connectivity index (χ3v) is 3.18. The lowest BCUT2D eigenvalue weighted by Crippen LogP contribution is -2.18. The first-order valence-corrected chi connectivity index (χ1v) is 5.44. The van der Waals surface area contributed by atoms with Crippen molar-refractivity contribution in [3.8, 4) is 0 Å². The Morgan fingerprint density at radius 3 is 2.71 bits per heavy atom. The molecule has 3 heteroatoms. The summed E-state index contributed by atoms with van der Waals surface area (Å²) in [5, 5.41) is 0. The molecule has 1 aliphatic rings. The van der Waals surface area contributed by atoms with Crippen molar-refractivity contribution >= 4 is 12.0 Å². The van der Waals surface area contributed by atoms with Gasteiger partial charge in [0.25, 0.3) is 0 Å². The van der Waals surface area contributed by atoms with Gasteiger partial charge in [-0.15, -0.1) is 0 Å². The summed E-state index contributed by atoms with van der Waals surface area (Å²) in [6, 6.07) is 0. The SMILES string of the molecule is CC(CC(=O)C=[N+]=[N-])C1CCCCC1. The van der Waals surface area contributed by atoms with E-state index in [1.807, 2.05) is 0 Å². The summed E-state index contributed by atoms with van der Waals surface area (Å²) in [4.78, 5) is 13.9. The molecule has 1 atom stereocenters. The van der Waals surface area contributed by atoms with Crippen LogP contribution in [-0.4, -0.2) is 16.8 Å². The van der Waals surface area contributed by atoms with Crippen LogP contribution in [0.4, 0.5) is 0 Å². The Morgan fingerprint density at radius 2 is 2.14 bits per heavy atom. The molecule has 0 saturated heterocycles. The van der Waals surface area contributed by atoms with Gasteiger partial charge in [-0.1, -0.05) is 39.0 Å². The van der Waals surface area contributed by atoms with Crippen molar-refractivity contribution in [2.24, 2.45) is 11.8 Å². The van der Waals surface area contributed by atoms with Gasteiger partial charge < -0.3 is 5.53 Å². The van der Waals surface area contributed by atoms with Crippen LogP contribution in [-0.2, 0) is 4.79 Å². The first-order chi connectivity index (χ1) is 6.74. The van der Waals surface area contributed by atoms with E-state index in [4.69, 9.17) is 5.53 Å². The van der Waals surface area contributed by atoms with Crippen LogP contribution in [0.15, 0.2) is 0 Å². The summed E-state index contributed by atoms with van der Waals surface area (Å²) in [5.41, 5.74) is 8.21. The monoisotopic (exact) mass is 194 g/mol. The molecule has 1 fully saturated rings. The van der Waals surface area contributed by atoms with Crippen LogP contribution in [0.5, 0.6) is 0 Å². The van der Waals surface area contributed by atoms with E-state index in [9.17, 15) is 4.79 Å². The van der Waals surface area contributed by atoms with Crippen LogP contribution in [0, 0.1) is 11.8 Å². The molecule has 0 radical (unpaired) electrons. The Balaban J connectivity index is 2.35. The van der Waals surface area contributed by atoms with Gasteiger partial charge in [-0.3, -0.25) is 4.79 Å². The third kappa shape index (κ3) is 3.43. The van der Waals surface area contributed by atoms with Gasteiger partial charge in [0, 0.05) is 6.42 Å². The molecule has 1 rings (SSSR count). The Kier molecular flexibility index (Phi) is 4.54. The maximum absolute atomic E-state index is 11.2. The summed E-state index contributed by atoms with van der Waals surface area (Å²) in [6.07, 6.45) is 7.99. The second kappa shape index (κ2) is 5.71. The highest BCUT2D eigenvalue weighted by atomic mass is 16.1. The number of ketones is 1. The van der Waals surface area contributed by atoms with Crippen LogP contribution >= 0.6 is 0 Å². The minimum atomic E-state index is -0.0643. The molecule has 1 unspecified atom stereocenters. The van der Waals surface area contributed by atoms with Crippen molar-refractivity contribution in [1.29, 1.82) is 0 Å². The normalized spacial score (nSPS) is 19.8. The molecule has 1 aliphatic carbocycles. The molecule has 78 valence electrons. The molecule has 0 amide bonds. The van der Waals surface area contributed by atoms with Gasteiger partial charge in [0.1, 0.15) is 0 Å². The zero-order valence-corrected chi connectivity index (χ0v) is 8.78. The molecule has 0 aliphatic heterocycles. The van der Waals surface area contributed by atoms with Crippen molar-refractivity contribution < 1.29 is 9.58 Å². The molecule has 0 aromatic carbocycles. The van der Waals surface area contributed by atoms with E-state index in [1.54, 1.807) is 0 Å². The first kappa shape index (κ1) is 11.1. The predicted molar refractivity (Wildman–Crippen MR) is 55.0 cm³/mol. The minimum absolute atomic E-state index is 0.0643. The van der Waals surface area contributed by atoms with Crippen molar-refractivity contribution in [3.63, 3.8) is 0 Å². The number of carbonyl (C=O) groups excluding carboxylic acids is 1. The maximum atomic E-state index is 11.2. The number of carbonyl (C=O) groups is 1. The smallest absolute Gasteiger partial charge is 0.323 e. The highest BCUT2D eigenvalue weighted by molar-refractivity contribution is 6.25. The van der Waals surface area contributed by atoms with Gasteiger partial charge in [-0.2, -0.15) is 4.79 Å².